The number of halogens is 1. The number of rotatable bonds is 4. The van der Waals surface area contributed by atoms with Crippen molar-refractivity contribution < 1.29 is 4.74 Å². The maximum Gasteiger partial charge on any atom is 0.0737 e. The summed E-state index contributed by atoms with van der Waals surface area (Å²) in [6.45, 7) is 1.52. The van der Waals surface area contributed by atoms with Crippen molar-refractivity contribution in [3.8, 4) is 0 Å². The summed E-state index contributed by atoms with van der Waals surface area (Å²) in [5, 5.41) is 0. The summed E-state index contributed by atoms with van der Waals surface area (Å²) < 4.78 is 6.58. The molecule has 76 valence electrons. The van der Waals surface area contributed by atoms with E-state index >= 15 is 0 Å². The average Bonchev–Trinajstić information content (AvgIpc) is 2.92. The molecule has 0 aromatic heterocycles. The van der Waals surface area contributed by atoms with Gasteiger partial charge in [-0.05, 0) is 30.9 Å². The molecule has 1 aliphatic carbocycles. The quantitative estimate of drug-likeness (QED) is 0.840. The van der Waals surface area contributed by atoms with Gasteiger partial charge in [0.25, 0.3) is 0 Å². The van der Waals surface area contributed by atoms with Crippen molar-refractivity contribution in [2.75, 3.05) is 12.3 Å². The van der Waals surface area contributed by atoms with Gasteiger partial charge in [0.2, 0.25) is 0 Å². The number of nitrogen functional groups attached to an aromatic ring is 1. The maximum atomic E-state index is 5.84. The zero-order chi connectivity index (χ0) is 9.97. The van der Waals surface area contributed by atoms with Gasteiger partial charge in [-0.3, -0.25) is 0 Å². The van der Waals surface area contributed by atoms with Crippen LogP contribution in [0.15, 0.2) is 22.7 Å². The lowest BCUT2D eigenvalue weighted by Crippen LogP contribution is -2.00. The highest BCUT2D eigenvalue weighted by Gasteiger charge is 2.21. The molecule has 0 unspecified atom stereocenters. The molecule has 2 rings (SSSR count). The molecule has 14 heavy (non-hydrogen) atoms. The minimum absolute atomic E-state index is 0.635. The van der Waals surface area contributed by atoms with E-state index < -0.39 is 0 Å². The van der Waals surface area contributed by atoms with Gasteiger partial charge in [-0.15, -0.1) is 0 Å². The minimum Gasteiger partial charge on any atom is -0.398 e. The van der Waals surface area contributed by atoms with Gasteiger partial charge < -0.3 is 10.5 Å². The van der Waals surface area contributed by atoms with E-state index in [1.165, 1.54) is 12.8 Å². The van der Waals surface area contributed by atoms with Crippen LogP contribution in [0.5, 0.6) is 0 Å². The van der Waals surface area contributed by atoms with E-state index in [1.54, 1.807) is 0 Å². The zero-order valence-corrected chi connectivity index (χ0v) is 9.59. The van der Waals surface area contributed by atoms with Crippen molar-refractivity contribution >= 4 is 21.6 Å². The second-order valence-corrected chi connectivity index (χ2v) is 4.72. The smallest absolute Gasteiger partial charge is 0.0737 e. The van der Waals surface area contributed by atoms with Gasteiger partial charge >= 0.3 is 0 Å². The van der Waals surface area contributed by atoms with Gasteiger partial charge in [-0.2, -0.15) is 0 Å². The average molecular weight is 256 g/mol. The Morgan fingerprint density at radius 2 is 2.21 bits per heavy atom. The molecule has 0 radical (unpaired) electrons. The minimum atomic E-state index is 0.635. The van der Waals surface area contributed by atoms with E-state index in [-0.39, 0.29) is 0 Å². The topological polar surface area (TPSA) is 35.2 Å². The van der Waals surface area contributed by atoms with Crippen molar-refractivity contribution in [3.05, 3.63) is 28.2 Å². The third-order valence-electron chi connectivity index (χ3n) is 2.42. The zero-order valence-electron chi connectivity index (χ0n) is 8.00. The van der Waals surface area contributed by atoms with Crippen LogP contribution in [0.1, 0.15) is 18.4 Å². The van der Waals surface area contributed by atoms with Crippen LogP contribution in [0.3, 0.4) is 0 Å². The molecule has 1 saturated carbocycles. The Morgan fingerprint density at radius 3 is 2.86 bits per heavy atom. The number of nitrogens with two attached hydrogens (primary N) is 1. The van der Waals surface area contributed by atoms with Gasteiger partial charge in [0.1, 0.15) is 0 Å². The van der Waals surface area contributed by atoms with E-state index in [2.05, 4.69) is 15.9 Å². The summed E-state index contributed by atoms with van der Waals surface area (Å²) in [4.78, 5) is 0. The molecule has 0 bridgehead atoms. The van der Waals surface area contributed by atoms with Crippen LogP contribution >= 0.6 is 15.9 Å². The Balaban J connectivity index is 1.87. The molecule has 0 aliphatic heterocycles. The fourth-order valence-corrected chi connectivity index (χ4v) is 1.70. The standard InChI is InChI=1S/C11H14BrNO/c12-10-4-3-9(11(13)5-10)7-14-6-8-1-2-8/h3-5,8H,1-2,6-7,13H2. The maximum absolute atomic E-state index is 5.84. The molecule has 1 aromatic carbocycles. The third kappa shape index (κ3) is 2.72. The largest absolute Gasteiger partial charge is 0.398 e. The summed E-state index contributed by atoms with van der Waals surface area (Å²) >= 11 is 3.38. The van der Waals surface area contributed by atoms with Crippen molar-refractivity contribution in [2.24, 2.45) is 5.92 Å². The molecule has 1 fully saturated rings. The first kappa shape index (κ1) is 9.99. The van der Waals surface area contributed by atoms with Crippen LogP contribution in [0.25, 0.3) is 0 Å². The van der Waals surface area contributed by atoms with Gasteiger partial charge in [0.05, 0.1) is 6.61 Å². The fraction of sp³-hybridized carbons (Fsp3) is 0.455. The first-order chi connectivity index (χ1) is 6.75. The number of anilines is 1. The Bertz CT molecular complexity index is 323. The van der Waals surface area contributed by atoms with E-state index in [9.17, 15) is 0 Å². The van der Waals surface area contributed by atoms with Gasteiger partial charge in [-0.25, -0.2) is 0 Å². The molecule has 1 aliphatic rings. The summed E-state index contributed by atoms with van der Waals surface area (Å²) in [5.74, 6) is 0.812. The Hall–Kier alpha value is -0.540. The van der Waals surface area contributed by atoms with Crippen molar-refractivity contribution in [2.45, 2.75) is 19.4 Å². The molecule has 0 atom stereocenters. The van der Waals surface area contributed by atoms with Gasteiger partial charge in [0, 0.05) is 22.3 Å². The molecule has 0 heterocycles. The summed E-state index contributed by atoms with van der Waals surface area (Å²) in [6, 6.07) is 5.91. The van der Waals surface area contributed by atoms with E-state index in [1.807, 2.05) is 18.2 Å². The van der Waals surface area contributed by atoms with Crippen molar-refractivity contribution in [1.82, 2.24) is 0 Å². The number of ether oxygens (including phenoxy) is 1. The molecule has 3 heteroatoms. The number of hydrogen-bond acceptors (Lipinski definition) is 2. The van der Waals surface area contributed by atoms with Crippen molar-refractivity contribution in [1.29, 1.82) is 0 Å². The van der Waals surface area contributed by atoms with Crippen LogP contribution < -0.4 is 5.73 Å². The second kappa shape index (κ2) is 4.32. The Labute approximate surface area is 92.6 Å². The first-order valence-corrected chi connectivity index (χ1v) is 5.66. The summed E-state index contributed by atoms with van der Waals surface area (Å²) in [6.07, 6.45) is 2.66. The lowest BCUT2D eigenvalue weighted by Gasteiger charge is -2.06. The van der Waals surface area contributed by atoms with Crippen LogP contribution in [-0.2, 0) is 11.3 Å². The van der Waals surface area contributed by atoms with Crippen LogP contribution in [0.2, 0.25) is 0 Å². The molecule has 2 nitrogen and oxygen atoms in total. The highest BCUT2D eigenvalue weighted by Crippen LogP contribution is 2.29. The first-order valence-electron chi connectivity index (χ1n) is 4.87. The van der Waals surface area contributed by atoms with Gasteiger partial charge in [-0.1, -0.05) is 22.0 Å². The number of hydrogen-bond donors (Lipinski definition) is 1. The predicted molar refractivity (Wildman–Crippen MR) is 60.9 cm³/mol. The van der Waals surface area contributed by atoms with E-state index in [0.29, 0.717) is 6.61 Å². The van der Waals surface area contributed by atoms with Crippen LogP contribution in [-0.4, -0.2) is 6.61 Å². The fourth-order valence-electron chi connectivity index (χ4n) is 1.32. The Kier molecular flexibility index (Phi) is 3.08. The Morgan fingerprint density at radius 1 is 1.43 bits per heavy atom. The molecule has 0 spiro atoms. The summed E-state index contributed by atoms with van der Waals surface area (Å²) in [5.41, 5.74) is 7.72. The number of benzene rings is 1. The highest BCUT2D eigenvalue weighted by atomic mass is 79.9. The molecule has 1 aromatic rings. The molecular formula is C11H14BrNO. The monoisotopic (exact) mass is 255 g/mol. The van der Waals surface area contributed by atoms with E-state index in [0.717, 1.165) is 28.2 Å². The SMILES string of the molecule is Nc1cc(Br)ccc1COCC1CC1. The van der Waals surface area contributed by atoms with Gasteiger partial charge in [0.15, 0.2) is 0 Å². The van der Waals surface area contributed by atoms with Crippen molar-refractivity contribution in [3.63, 3.8) is 0 Å². The molecule has 0 amide bonds. The normalized spacial score (nSPS) is 15.8. The third-order valence-corrected chi connectivity index (χ3v) is 2.91. The highest BCUT2D eigenvalue weighted by molar-refractivity contribution is 9.10. The predicted octanol–water partition coefficient (Wildman–Crippen LogP) is 2.96. The van der Waals surface area contributed by atoms with Crippen LogP contribution in [0, 0.1) is 5.92 Å². The van der Waals surface area contributed by atoms with Crippen LogP contribution in [0.4, 0.5) is 5.69 Å². The molecular weight excluding hydrogens is 242 g/mol. The van der Waals surface area contributed by atoms with E-state index in [4.69, 9.17) is 10.5 Å². The lowest BCUT2D eigenvalue weighted by molar-refractivity contribution is 0.111. The molecule has 2 N–H and O–H groups in total. The summed E-state index contributed by atoms with van der Waals surface area (Å²) in [7, 11) is 0. The molecule has 0 saturated heterocycles. The second-order valence-electron chi connectivity index (χ2n) is 3.80. The lowest BCUT2D eigenvalue weighted by atomic mass is 10.2.